The average Bonchev–Trinajstić information content (AvgIpc) is 2.90. The van der Waals surface area contributed by atoms with Gasteiger partial charge in [0, 0.05) is 17.5 Å². The molecule has 1 aromatic heterocycles. The molecule has 1 heterocycles. The summed E-state index contributed by atoms with van der Waals surface area (Å²) in [6.45, 7) is 5.55. The summed E-state index contributed by atoms with van der Waals surface area (Å²) >= 11 is 0. The molecule has 3 aromatic carbocycles. The molecule has 1 aliphatic rings. The number of methoxy groups -OCH3 is 2. The maximum absolute atomic E-state index is 13.9. The molecule has 5 rings (SSSR count). The van der Waals surface area contributed by atoms with E-state index in [9.17, 15) is 9.59 Å². The van der Waals surface area contributed by atoms with E-state index in [2.05, 4.69) is 5.32 Å². The van der Waals surface area contributed by atoms with Gasteiger partial charge in [-0.15, -0.1) is 0 Å². The van der Waals surface area contributed by atoms with E-state index in [-0.39, 0.29) is 17.4 Å². The van der Waals surface area contributed by atoms with Crippen LogP contribution >= 0.6 is 0 Å². The average molecular weight is 528 g/mol. The molecule has 7 heteroatoms. The number of rotatable bonds is 6. The fourth-order valence-corrected chi connectivity index (χ4v) is 5.05. The van der Waals surface area contributed by atoms with Crippen LogP contribution in [0.2, 0.25) is 0 Å². The van der Waals surface area contributed by atoms with Crippen LogP contribution in [0.25, 0.3) is 33.4 Å². The zero-order valence-corrected chi connectivity index (χ0v) is 22.9. The number of hydrogen-bond acceptors (Lipinski definition) is 6. The fourth-order valence-electron chi connectivity index (χ4n) is 5.05. The number of ether oxygens (including phenoxy) is 3. The molecule has 1 aliphatic carbocycles. The minimum absolute atomic E-state index is 0.0127. The number of fused-ring (bicyclic) bond motifs is 1. The normalized spacial score (nSPS) is 16.8. The second-order valence-electron chi connectivity index (χ2n) is 10.7. The van der Waals surface area contributed by atoms with Gasteiger partial charge in [-0.2, -0.15) is 0 Å². The zero-order chi connectivity index (χ0) is 27.7. The van der Waals surface area contributed by atoms with E-state index in [4.69, 9.17) is 18.6 Å². The lowest BCUT2D eigenvalue weighted by atomic mass is 9.75. The lowest BCUT2D eigenvalue weighted by molar-refractivity contribution is 0.0466. The van der Waals surface area contributed by atoms with E-state index in [1.54, 1.807) is 19.2 Å². The molecule has 1 saturated carbocycles. The Bertz CT molecular complexity index is 1550. The lowest BCUT2D eigenvalue weighted by Gasteiger charge is -2.38. The van der Waals surface area contributed by atoms with Gasteiger partial charge in [0.05, 0.1) is 25.2 Å². The summed E-state index contributed by atoms with van der Waals surface area (Å²) in [4.78, 5) is 26.2. The molecule has 2 unspecified atom stereocenters. The molecule has 0 radical (unpaired) electrons. The van der Waals surface area contributed by atoms with Gasteiger partial charge in [-0.1, -0.05) is 54.6 Å². The van der Waals surface area contributed by atoms with Crippen LogP contribution in [0.15, 0.2) is 75.9 Å². The number of hydrogen-bond donors (Lipinski definition) is 1. The van der Waals surface area contributed by atoms with Crippen molar-refractivity contribution >= 4 is 17.1 Å². The summed E-state index contributed by atoms with van der Waals surface area (Å²) in [7, 11) is 3.07. The summed E-state index contributed by atoms with van der Waals surface area (Å²) in [5.74, 6) is 1.50. The smallest absolute Gasteiger partial charge is 0.407 e. The quantitative estimate of drug-likeness (QED) is 0.293. The highest BCUT2D eigenvalue weighted by atomic mass is 16.6. The van der Waals surface area contributed by atoms with Crippen LogP contribution in [-0.2, 0) is 4.74 Å². The van der Waals surface area contributed by atoms with Gasteiger partial charge in [0.25, 0.3) is 0 Å². The highest BCUT2D eigenvalue weighted by molar-refractivity contribution is 5.93. The van der Waals surface area contributed by atoms with Gasteiger partial charge < -0.3 is 23.9 Å². The monoisotopic (exact) mass is 527 g/mol. The molecule has 1 amide bonds. The molecule has 202 valence electrons. The second kappa shape index (κ2) is 10.5. The van der Waals surface area contributed by atoms with Gasteiger partial charge in [-0.3, -0.25) is 4.79 Å². The molecule has 7 nitrogen and oxygen atoms in total. The first-order valence-electron chi connectivity index (χ1n) is 13.1. The van der Waals surface area contributed by atoms with Crippen molar-refractivity contribution in [3.8, 4) is 33.9 Å². The SMILES string of the molecule is COc1ccc2c(=O)c(-c3ccc(C4CCC4NC(=O)OC(C)(C)C)cc3)c(-c3ccccc3)oc2c1OC. The van der Waals surface area contributed by atoms with Crippen molar-refractivity contribution in [3.05, 3.63) is 82.5 Å². The molecule has 2 atom stereocenters. The van der Waals surface area contributed by atoms with Crippen molar-refractivity contribution in [1.82, 2.24) is 5.32 Å². The van der Waals surface area contributed by atoms with Crippen molar-refractivity contribution in [2.24, 2.45) is 0 Å². The molecule has 4 aromatic rings. The van der Waals surface area contributed by atoms with Crippen molar-refractivity contribution in [2.75, 3.05) is 14.2 Å². The lowest BCUT2D eigenvalue weighted by Crippen LogP contribution is -2.47. The van der Waals surface area contributed by atoms with Crippen LogP contribution in [0.3, 0.4) is 0 Å². The number of alkyl carbamates (subject to hydrolysis) is 1. The predicted octanol–water partition coefficient (Wildman–Crippen LogP) is 6.91. The van der Waals surface area contributed by atoms with Gasteiger partial charge >= 0.3 is 6.09 Å². The van der Waals surface area contributed by atoms with Gasteiger partial charge in [0.15, 0.2) is 11.3 Å². The number of amides is 1. The van der Waals surface area contributed by atoms with Crippen molar-refractivity contribution in [1.29, 1.82) is 0 Å². The largest absolute Gasteiger partial charge is 0.493 e. The summed E-state index contributed by atoms with van der Waals surface area (Å²) in [6, 6.07) is 20.9. The maximum atomic E-state index is 13.9. The summed E-state index contributed by atoms with van der Waals surface area (Å²) in [5.41, 5.74) is 2.74. The standard InChI is InChI=1S/C32H33NO6/c1-32(2,3)39-31(35)33-24-17-15-22(24)19-11-13-20(14-12-19)26-27(34)23-16-18-25(36-4)30(37-5)29(23)38-28(26)21-9-7-6-8-10-21/h6-14,16,18,22,24H,15,17H2,1-5H3,(H,33,35). The number of carbonyl (C=O) groups is 1. The van der Waals surface area contributed by atoms with Crippen molar-refractivity contribution in [3.63, 3.8) is 0 Å². The van der Waals surface area contributed by atoms with Gasteiger partial charge in [0.1, 0.15) is 11.4 Å². The molecule has 0 saturated heterocycles. The Kier molecular flexibility index (Phi) is 7.08. The Balaban J connectivity index is 1.54. The predicted molar refractivity (Wildman–Crippen MR) is 152 cm³/mol. The first-order valence-corrected chi connectivity index (χ1v) is 13.1. The van der Waals surface area contributed by atoms with Crippen LogP contribution in [0.1, 0.15) is 45.1 Å². The van der Waals surface area contributed by atoms with Crippen LogP contribution in [-0.4, -0.2) is 32.0 Å². The first kappa shape index (κ1) is 26.4. The van der Waals surface area contributed by atoms with E-state index >= 15 is 0 Å². The minimum atomic E-state index is -0.544. The fraction of sp³-hybridized carbons (Fsp3) is 0.312. The van der Waals surface area contributed by atoms with Crippen LogP contribution in [0, 0.1) is 0 Å². The van der Waals surface area contributed by atoms with Gasteiger partial charge in [-0.25, -0.2) is 4.79 Å². The molecule has 0 aliphatic heterocycles. The second-order valence-corrected chi connectivity index (χ2v) is 10.7. The Morgan fingerprint density at radius 2 is 1.62 bits per heavy atom. The molecular weight excluding hydrogens is 494 g/mol. The van der Waals surface area contributed by atoms with E-state index in [0.29, 0.717) is 33.8 Å². The minimum Gasteiger partial charge on any atom is -0.493 e. The van der Waals surface area contributed by atoms with Crippen LogP contribution in [0.5, 0.6) is 11.5 Å². The topological polar surface area (TPSA) is 87.0 Å². The van der Waals surface area contributed by atoms with Crippen molar-refractivity contribution in [2.45, 2.75) is 51.2 Å². The molecule has 0 spiro atoms. The van der Waals surface area contributed by atoms with Crippen molar-refractivity contribution < 1.29 is 23.4 Å². The summed E-state index contributed by atoms with van der Waals surface area (Å²) < 4.78 is 22.9. The zero-order valence-electron chi connectivity index (χ0n) is 22.9. The first-order chi connectivity index (χ1) is 18.7. The summed E-state index contributed by atoms with van der Waals surface area (Å²) in [5, 5.41) is 3.41. The van der Waals surface area contributed by atoms with E-state index in [1.807, 2.05) is 75.4 Å². The van der Waals surface area contributed by atoms with E-state index < -0.39 is 11.7 Å². The van der Waals surface area contributed by atoms with Crippen LogP contribution < -0.4 is 20.2 Å². The third-order valence-electron chi connectivity index (χ3n) is 7.04. The summed E-state index contributed by atoms with van der Waals surface area (Å²) in [6.07, 6.45) is 1.46. The number of nitrogens with one attached hydrogen (secondary N) is 1. The van der Waals surface area contributed by atoms with E-state index in [1.165, 1.54) is 7.11 Å². The third-order valence-corrected chi connectivity index (χ3v) is 7.04. The molecule has 1 N–H and O–H groups in total. The number of benzene rings is 3. The highest BCUT2D eigenvalue weighted by Gasteiger charge is 2.34. The molecule has 39 heavy (non-hydrogen) atoms. The van der Waals surface area contributed by atoms with Gasteiger partial charge in [0.2, 0.25) is 11.2 Å². The van der Waals surface area contributed by atoms with Gasteiger partial charge in [-0.05, 0) is 56.9 Å². The molecule has 1 fully saturated rings. The number of carbonyl (C=O) groups excluding carboxylic acids is 1. The van der Waals surface area contributed by atoms with Crippen LogP contribution in [0.4, 0.5) is 4.79 Å². The Morgan fingerprint density at radius 3 is 2.21 bits per heavy atom. The Labute approximate surface area is 227 Å². The molecule has 0 bridgehead atoms. The maximum Gasteiger partial charge on any atom is 0.407 e. The highest BCUT2D eigenvalue weighted by Crippen LogP contribution is 2.41. The Hall–Kier alpha value is -4.26. The molecular formula is C32H33NO6. The third kappa shape index (κ3) is 5.21. The van der Waals surface area contributed by atoms with E-state index in [0.717, 1.165) is 29.5 Å². The Morgan fingerprint density at radius 1 is 0.897 bits per heavy atom.